The molecule has 0 amide bonds. The van der Waals surface area contributed by atoms with E-state index in [0.717, 1.165) is 0 Å². The van der Waals surface area contributed by atoms with Gasteiger partial charge in [-0.25, -0.2) is 4.79 Å². The molecule has 21 heavy (non-hydrogen) atoms. The highest BCUT2D eigenvalue weighted by molar-refractivity contribution is 6.31. The van der Waals surface area contributed by atoms with Crippen LogP contribution < -0.4 is 0 Å². The van der Waals surface area contributed by atoms with Crippen LogP contribution in [0.15, 0.2) is 24.8 Å². The molecule has 6 heteroatoms. The fraction of sp³-hybridized carbons (Fsp3) is 0.200. The molecule has 0 radical (unpaired) electrons. The maximum absolute atomic E-state index is 12.2. The molecule has 5 nitrogen and oxygen atoms in total. The fourth-order valence-corrected chi connectivity index (χ4v) is 2.47. The molecule has 0 aliphatic carbocycles. The number of aliphatic carboxylic acids is 1. The molecular weight excluding hydrogens is 294 g/mol. The van der Waals surface area contributed by atoms with Crippen LogP contribution in [0, 0.1) is 0 Å². The number of ether oxygens (including phenoxy) is 1. The summed E-state index contributed by atoms with van der Waals surface area (Å²) in [7, 11) is 0. The Balaban J connectivity index is 2.81. The normalized spacial score (nSPS) is 10.6. The third-order valence-corrected chi connectivity index (χ3v) is 3.28. The summed E-state index contributed by atoms with van der Waals surface area (Å²) in [6, 6.07) is 5.02. The molecule has 0 aliphatic rings. The number of carboxylic acids is 1. The van der Waals surface area contributed by atoms with E-state index in [-0.39, 0.29) is 18.7 Å². The third kappa shape index (κ3) is 2.78. The number of benzene rings is 1. The second-order valence-corrected chi connectivity index (χ2v) is 4.77. The van der Waals surface area contributed by atoms with Crippen molar-refractivity contribution >= 4 is 40.6 Å². The molecule has 2 rings (SSSR count). The van der Waals surface area contributed by atoms with Crippen LogP contribution in [0.4, 0.5) is 0 Å². The average Bonchev–Trinajstić information content (AvgIpc) is 2.71. The van der Waals surface area contributed by atoms with Crippen molar-refractivity contribution in [2.75, 3.05) is 6.61 Å². The lowest BCUT2D eigenvalue weighted by atomic mass is 10.1. The quantitative estimate of drug-likeness (QED) is 0.861. The number of halogens is 1. The Labute approximate surface area is 126 Å². The minimum Gasteiger partial charge on any atom is -0.481 e. The summed E-state index contributed by atoms with van der Waals surface area (Å²) in [5.74, 6) is -1.62. The Morgan fingerprint density at radius 1 is 1.48 bits per heavy atom. The first kappa shape index (κ1) is 15.1. The SMILES string of the molecule is C=Cn1c(C(=O)OCC)c(CC(=O)O)c2cc(Cl)ccc21. The molecule has 0 unspecified atom stereocenters. The molecule has 0 bridgehead atoms. The zero-order chi connectivity index (χ0) is 15.6. The van der Waals surface area contributed by atoms with Gasteiger partial charge in [-0.3, -0.25) is 4.79 Å². The van der Waals surface area contributed by atoms with Crippen molar-refractivity contribution in [3.05, 3.63) is 41.1 Å². The lowest BCUT2D eigenvalue weighted by Gasteiger charge is -2.06. The Morgan fingerprint density at radius 3 is 2.76 bits per heavy atom. The summed E-state index contributed by atoms with van der Waals surface area (Å²) in [4.78, 5) is 23.3. The smallest absolute Gasteiger partial charge is 0.355 e. The van der Waals surface area contributed by atoms with E-state index in [1.54, 1.807) is 25.1 Å². The molecule has 0 aliphatic heterocycles. The molecule has 0 spiro atoms. The number of esters is 1. The topological polar surface area (TPSA) is 68.5 Å². The number of carbonyl (C=O) groups is 2. The summed E-state index contributed by atoms with van der Waals surface area (Å²) in [5, 5.41) is 10.2. The second-order valence-electron chi connectivity index (χ2n) is 4.33. The number of fused-ring (bicyclic) bond motifs is 1. The summed E-state index contributed by atoms with van der Waals surface area (Å²) >= 11 is 5.97. The first-order valence-corrected chi connectivity index (χ1v) is 6.71. The number of carbonyl (C=O) groups excluding carboxylic acids is 1. The predicted molar refractivity (Wildman–Crippen MR) is 80.6 cm³/mol. The molecule has 0 fully saturated rings. The number of carboxylic acid groups (broad SMARTS) is 1. The first-order valence-electron chi connectivity index (χ1n) is 6.33. The van der Waals surface area contributed by atoms with Gasteiger partial charge in [0.05, 0.1) is 18.5 Å². The van der Waals surface area contributed by atoms with Gasteiger partial charge in [-0.1, -0.05) is 18.2 Å². The van der Waals surface area contributed by atoms with Crippen LogP contribution >= 0.6 is 11.6 Å². The van der Waals surface area contributed by atoms with E-state index < -0.39 is 11.9 Å². The van der Waals surface area contributed by atoms with Crippen LogP contribution in [0.2, 0.25) is 5.02 Å². The molecule has 1 aromatic heterocycles. The number of rotatable bonds is 5. The maximum atomic E-state index is 12.2. The van der Waals surface area contributed by atoms with E-state index in [2.05, 4.69) is 6.58 Å². The molecule has 1 heterocycles. The summed E-state index contributed by atoms with van der Waals surface area (Å²) < 4.78 is 6.55. The predicted octanol–water partition coefficient (Wildman–Crippen LogP) is 3.20. The van der Waals surface area contributed by atoms with Gasteiger partial charge in [-0.15, -0.1) is 0 Å². The van der Waals surface area contributed by atoms with E-state index in [1.165, 1.54) is 10.8 Å². The monoisotopic (exact) mass is 307 g/mol. The largest absolute Gasteiger partial charge is 0.481 e. The van der Waals surface area contributed by atoms with Crippen molar-refractivity contribution < 1.29 is 19.4 Å². The number of aromatic nitrogens is 1. The maximum Gasteiger partial charge on any atom is 0.355 e. The summed E-state index contributed by atoms with van der Waals surface area (Å²) in [6.07, 6.45) is 1.15. The highest BCUT2D eigenvalue weighted by atomic mass is 35.5. The van der Waals surface area contributed by atoms with Gasteiger partial charge in [-0.2, -0.15) is 0 Å². The van der Waals surface area contributed by atoms with Crippen molar-refractivity contribution in [2.45, 2.75) is 13.3 Å². The molecule has 110 valence electrons. The minimum absolute atomic E-state index is 0.173. The van der Waals surface area contributed by atoms with Crippen LogP contribution in [0.1, 0.15) is 23.0 Å². The van der Waals surface area contributed by atoms with Crippen molar-refractivity contribution in [3.8, 4) is 0 Å². The third-order valence-electron chi connectivity index (χ3n) is 3.05. The Bertz CT molecular complexity index is 733. The van der Waals surface area contributed by atoms with Gasteiger partial charge in [-0.05, 0) is 25.1 Å². The molecule has 0 saturated heterocycles. The summed E-state index contributed by atoms with van der Waals surface area (Å²) in [6.45, 7) is 5.56. The van der Waals surface area contributed by atoms with Crippen LogP contribution in [-0.4, -0.2) is 28.2 Å². The molecule has 0 saturated carbocycles. The molecule has 0 atom stereocenters. The fourth-order valence-electron chi connectivity index (χ4n) is 2.29. The lowest BCUT2D eigenvalue weighted by molar-refractivity contribution is -0.136. The Morgan fingerprint density at radius 2 is 2.19 bits per heavy atom. The first-order chi connectivity index (χ1) is 9.99. The number of hydrogen-bond donors (Lipinski definition) is 1. The Kier molecular flexibility index (Phi) is 4.33. The summed E-state index contributed by atoms with van der Waals surface area (Å²) in [5.41, 5.74) is 1.21. The number of hydrogen-bond acceptors (Lipinski definition) is 3. The van der Waals surface area contributed by atoms with E-state index in [4.69, 9.17) is 21.4 Å². The standard InChI is InChI=1S/C15H14ClNO4/c1-3-17-12-6-5-9(16)7-10(12)11(8-13(18)19)14(17)15(20)21-4-2/h3,5-7H,1,4,8H2,2H3,(H,18,19). The average molecular weight is 308 g/mol. The van der Waals surface area contributed by atoms with Crippen molar-refractivity contribution in [1.82, 2.24) is 4.57 Å². The van der Waals surface area contributed by atoms with Gasteiger partial charge in [0.25, 0.3) is 0 Å². The lowest BCUT2D eigenvalue weighted by Crippen LogP contribution is -2.13. The van der Waals surface area contributed by atoms with Gasteiger partial charge in [0, 0.05) is 22.2 Å². The van der Waals surface area contributed by atoms with Gasteiger partial charge in [0.1, 0.15) is 5.69 Å². The van der Waals surface area contributed by atoms with Crippen LogP contribution in [0.5, 0.6) is 0 Å². The Hall–Kier alpha value is -2.27. The van der Waals surface area contributed by atoms with Gasteiger partial charge in [0.2, 0.25) is 0 Å². The molecular formula is C15H14ClNO4. The van der Waals surface area contributed by atoms with E-state index in [9.17, 15) is 9.59 Å². The second kappa shape index (κ2) is 6.01. The zero-order valence-electron chi connectivity index (χ0n) is 11.4. The molecule has 1 aromatic carbocycles. The van der Waals surface area contributed by atoms with E-state index >= 15 is 0 Å². The van der Waals surface area contributed by atoms with Gasteiger partial charge in [0.15, 0.2) is 0 Å². The van der Waals surface area contributed by atoms with Crippen LogP contribution in [-0.2, 0) is 16.0 Å². The van der Waals surface area contributed by atoms with Crippen molar-refractivity contribution in [2.24, 2.45) is 0 Å². The van der Waals surface area contributed by atoms with Gasteiger partial charge < -0.3 is 14.4 Å². The highest BCUT2D eigenvalue weighted by Gasteiger charge is 2.24. The zero-order valence-corrected chi connectivity index (χ0v) is 12.2. The van der Waals surface area contributed by atoms with Crippen molar-refractivity contribution in [3.63, 3.8) is 0 Å². The van der Waals surface area contributed by atoms with Crippen molar-refractivity contribution in [1.29, 1.82) is 0 Å². The van der Waals surface area contributed by atoms with Gasteiger partial charge >= 0.3 is 11.9 Å². The van der Waals surface area contributed by atoms with E-state index in [0.29, 0.717) is 21.5 Å². The highest BCUT2D eigenvalue weighted by Crippen LogP contribution is 2.30. The number of nitrogens with zero attached hydrogens (tertiary/aromatic N) is 1. The molecule has 1 N–H and O–H groups in total. The van der Waals surface area contributed by atoms with Crippen LogP contribution in [0.3, 0.4) is 0 Å². The minimum atomic E-state index is -1.04. The van der Waals surface area contributed by atoms with E-state index in [1.807, 2.05) is 0 Å². The van der Waals surface area contributed by atoms with Crippen LogP contribution in [0.25, 0.3) is 17.1 Å². The molecule has 2 aromatic rings.